The number of urea groups is 1. The Hall–Kier alpha value is -3.95. The van der Waals surface area contributed by atoms with Crippen LogP contribution in [-0.2, 0) is 11.3 Å². The number of fused-ring (bicyclic) bond motifs is 1. The largest absolute Gasteiger partial charge is 0.491 e. The molecular formula is C33H43N5O4. The SMILES string of the molecule is CO[C@H]1CN(C)C(=O)c2cc(NC(=O)NC(C)C)ccc2OC[C@H](C)N(Cc2ccc(-c3ccccn3)cc2)C[C@@H]1C. The molecule has 3 aromatic rings. The standard InChI is InChI=1S/C33H43N5O4/c1-22(2)35-33(40)36-27-14-15-30-28(17-27)32(39)37(5)20-31(41-6)23(3)18-38(24(4)21-42-30)19-25-10-12-26(13-11-25)29-9-7-8-16-34-29/h7-17,22-24,31H,18-21H2,1-6H3,(H2,35,36,40)/t23-,24-,31-/m0/s1. The topological polar surface area (TPSA) is 96.0 Å². The van der Waals surface area contributed by atoms with Crippen LogP contribution in [0.15, 0.2) is 66.9 Å². The summed E-state index contributed by atoms with van der Waals surface area (Å²) in [5.41, 5.74) is 4.14. The van der Waals surface area contributed by atoms with E-state index in [1.165, 1.54) is 5.56 Å². The maximum Gasteiger partial charge on any atom is 0.319 e. The molecule has 2 heterocycles. The second-order valence-electron chi connectivity index (χ2n) is 11.4. The molecular weight excluding hydrogens is 530 g/mol. The molecule has 42 heavy (non-hydrogen) atoms. The Labute approximate surface area is 249 Å². The maximum absolute atomic E-state index is 13.6. The predicted molar refractivity (Wildman–Crippen MR) is 166 cm³/mol. The molecule has 224 valence electrons. The van der Waals surface area contributed by atoms with Crippen molar-refractivity contribution >= 4 is 17.6 Å². The average molecular weight is 574 g/mol. The van der Waals surface area contributed by atoms with Crippen molar-refractivity contribution in [1.82, 2.24) is 20.1 Å². The monoisotopic (exact) mass is 573 g/mol. The van der Waals surface area contributed by atoms with Crippen molar-refractivity contribution in [2.45, 2.75) is 52.4 Å². The normalized spacial score (nSPS) is 20.2. The Balaban J connectivity index is 1.58. The lowest BCUT2D eigenvalue weighted by Gasteiger charge is -2.36. The number of hydrogen-bond donors (Lipinski definition) is 2. The number of aromatic nitrogens is 1. The molecule has 3 atom stereocenters. The number of rotatable bonds is 6. The predicted octanol–water partition coefficient (Wildman–Crippen LogP) is 5.28. The number of amides is 3. The fourth-order valence-electron chi connectivity index (χ4n) is 5.13. The van der Waals surface area contributed by atoms with E-state index in [4.69, 9.17) is 9.47 Å². The van der Waals surface area contributed by atoms with Crippen LogP contribution in [0.3, 0.4) is 0 Å². The Kier molecular flexibility index (Phi) is 10.5. The molecule has 9 nitrogen and oxygen atoms in total. The second-order valence-corrected chi connectivity index (χ2v) is 11.4. The molecule has 0 unspecified atom stereocenters. The van der Waals surface area contributed by atoms with Gasteiger partial charge in [0.15, 0.2) is 0 Å². The summed E-state index contributed by atoms with van der Waals surface area (Å²) in [6, 6.07) is 19.3. The lowest BCUT2D eigenvalue weighted by molar-refractivity contribution is 0.00922. The molecule has 1 aromatic heterocycles. The van der Waals surface area contributed by atoms with Crippen LogP contribution >= 0.6 is 0 Å². The molecule has 0 radical (unpaired) electrons. The molecule has 3 amide bonds. The van der Waals surface area contributed by atoms with Crippen molar-refractivity contribution in [2.24, 2.45) is 5.92 Å². The van der Waals surface area contributed by atoms with E-state index in [-0.39, 0.29) is 36.0 Å². The summed E-state index contributed by atoms with van der Waals surface area (Å²) in [6.45, 7) is 10.4. The smallest absolute Gasteiger partial charge is 0.319 e. The van der Waals surface area contributed by atoms with Crippen LogP contribution in [0, 0.1) is 5.92 Å². The Morgan fingerprint density at radius 3 is 2.52 bits per heavy atom. The van der Waals surface area contributed by atoms with E-state index in [1.807, 2.05) is 32.0 Å². The van der Waals surface area contributed by atoms with E-state index in [0.29, 0.717) is 30.2 Å². The summed E-state index contributed by atoms with van der Waals surface area (Å²) in [7, 11) is 3.47. The van der Waals surface area contributed by atoms with E-state index >= 15 is 0 Å². The molecule has 2 N–H and O–H groups in total. The van der Waals surface area contributed by atoms with Crippen LogP contribution in [0.4, 0.5) is 10.5 Å². The molecule has 1 aliphatic heterocycles. The summed E-state index contributed by atoms with van der Waals surface area (Å²) in [5.74, 6) is 0.438. The highest BCUT2D eigenvalue weighted by Crippen LogP contribution is 2.27. The minimum absolute atomic E-state index is 0.0124. The quantitative estimate of drug-likeness (QED) is 0.416. The number of pyridine rings is 1. The van der Waals surface area contributed by atoms with E-state index < -0.39 is 0 Å². The van der Waals surface area contributed by atoms with Crippen molar-refractivity contribution in [3.63, 3.8) is 0 Å². The first-order chi connectivity index (χ1) is 20.1. The van der Waals surface area contributed by atoms with Crippen LogP contribution in [0.1, 0.15) is 43.6 Å². The number of carbonyl (C=O) groups is 2. The third-order valence-corrected chi connectivity index (χ3v) is 7.55. The van der Waals surface area contributed by atoms with Crippen LogP contribution in [-0.4, -0.2) is 78.8 Å². The van der Waals surface area contributed by atoms with Gasteiger partial charge >= 0.3 is 6.03 Å². The van der Waals surface area contributed by atoms with Gasteiger partial charge in [-0.25, -0.2) is 4.79 Å². The van der Waals surface area contributed by atoms with E-state index in [1.54, 1.807) is 43.5 Å². The van der Waals surface area contributed by atoms with Gasteiger partial charge in [-0.05, 0) is 62.6 Å². The van der Waals surface area contributed by atoms with Gasteiger partial charge in [-0.15, -0.1) is 0 Å². The fraction of sp³-hybridized carbons (Fsp3) is 0.424. The summed E-state index contributed by atoms with van der Waals surface area (Å²) < 4.78 is 12.2. The second kappa shape index (κ2) is 14.3. The zero-order valence-corrected chi connectivity index (χ0v) is 25.5. The highest BCUT2D eigenvalue weighted by molar-refractivity contribution is 5.99. The summed E-state index contributed by atoms with van der Waals surface area (Å²) in [4.78, 5) is 34.4. The highest BCUT2D eigenvalue weighted by atomic mass is 16.5. The number of anilines is 1. The third-order valence-electron chi connectivity index (χ3n) is 7.55. The molecule has 0 saturated heterocycles. The van der Waals surface area contributed by atoms with Gasteiger partial charge in [-0.2, -0.15) is 0 Å². The number of likely N-dealkylation sites (N-methyl/N-ethyl adjacent to an activating group) is 1. The van der Waals surface area contributed by atoms with Gasteiger partial charge in [-0.3, -0.25) is 14.7 Å². The maximum atomic E-state index is 13.6. The first kappa shape index (κ1) is 31.0. The molecule has 2 aromatic carbocycles. The van der Waals surface area contributed by atoms with Gasteiger partial charge in [0.05, 0.1) is 17.4 Å². The number of nitrogens with zero attached hydrogens (tertiary/aromatic N) is 3. The van der Waals surface area contributed by atoms with Gasteiger partial charge < -0.3 is 25.0 Å². The van der Waals surface area contributed by atoms with Crippen molar-refractivity contribution < 1.29 is 19.1 Å². The summed E-state index contributed by atoms with van der Waals surface area (Å²) >= 11 is 0. The fourth-order valence-corrected chi connectivity index (χ4v) is 5.13. The van der Waals surface area contributed by atoms with Crippen LogP contribution < -0.4 is 15.4 Å². The number of nitrogens with one attached hydrogen (secondary N) is 2. The molecule has 1 aliphatic rings. The van der Waals surface area contributed by atoms with Crippen LogP contribution in [0.5, 0.6) is 5.75 Å². The van der Waals surface area contributed by atoms with Crippen LogP contribution in [0.2, 0.25) is 0 Å². The molecule has 0 spiro atoms. The van der Waals surface area contributed by atoms with Crippen molar-refractivity contribution in [2.75, 3.05) is 39.2 Å². The van der Waals surface area contributed by atoms with Crippen molar-refractivity contribution in [1.29, 1.82) is 0 Å². The van der Waals surface area contributed by atoms with Gasteiger partial charge in [-0.1, -0.05) is 37.3 Å². The van der Waals surface area contributed by atoms with Gasteiger partial charge in [0.2, 0.25) is 0 Å². The zero-order chi connectivity index (χ0) is 30.2. The number of hydrogen-bond acceptors (Lipinski definition) is 6. The number of ether oxygens (including phenoxy) is 2. The zero-order valence-electron chi connectivity index (χ0n) is 25.5. The lowest BCUT2D eigenvalue weighted by atomic mass is 10.0. The van der Waals surface area contributed by atoms with Crippen molar-refractivity contribution in [3.8, 4) is 17.0 Å². The molecule has 0 bridgehead atoms. The van der Waals surface area contributed by atoms with Gasteiger partial charge in [0, 0.05) is 63.3 Å². The number of methoxy groups -OCH3 is 1. The minimum Gasteiger partial charge on any atom is -0.491 e. The number of benzene rings is 2. The average Bonchev–Trinajstić information content (AvgIpc) is 2.98. The molecule has 0 fully saturated rings. The minimum atomic E-state index is -0.328. The van der Waals surface area contributed by atoms with Gasteiger partial charge in [0.1, 0.15) is 12.4 Å². The first-order valence-corrected chi connectivity index (χ1v) is 14.5. The Bertz CT molecular complexity index is 1330. The first-order valence-electron chi connectivity index (χ1n) is 14.5. The Morgan fingerprint density at radius 1 is 1.10 bits per heavy atom. The van der Waals surface area contributed by atoms with Gasteiger partial charge in [0.25, 0.3) is 5.91 Å². The molecule has 0 aliphatic carbocycles. The van der Waals surface area contributed by atoms with E-state index in [2.05, 4.69) is 58.6 Å². The summed E-state index contributed by atoms with van der Waals surface area (Å²) in [5, 5.41) is 5.62. The van der Waals surface area contributed by atoms with E-state index in [0.717, 1.165) is 24.3 Å². The molecule has 0 saturated carbocycles. The third kappa shape index (κ3) is 8.08. The number of carbonyl (C=O) groups excluding carboxylic acids is 2. The lowest BCUT2D eigenvalue weighted by Crippen LogP contribution is -2.46. The van der Waals surface area contributed by atoms with E-state index in [9.17, 15) is 9.59 Å². The summed E-state index contributed by atoms with van der Waals surface area (Å²) in [6.07, 6.45) is 1.64. The van der Waals surface area contributed by atoms with Crippen LogP contribution in [0.25, 0.3) is 11.3 Å². The Morgan fingerprint density at radius 2 is 1.86 bits per heavy atom. The van der Waals surface area contributed by atoms with Crippen molar-refractivity contribution in [3.05, 3.63) is 78.0 Å². The highest BCUT2D eigenvalue weighted by Gasteiger charge is 2.28. The molecule has 9 heteroatoms. The molecule has 4 rings (SSSR count).